The number of hydrogen-bond acceptors (Lipinski definition) is 6. The highest BCUT2D eigenvalue weighted by Gasteiger charge is 2.25. The molecule has 0 saturated carbocycles. The molecule has 0 heterocycles. The summed E-state index contributed by atoms with van der Waals surface area (Å²) in [5.74, 6) is -3.12. The smallest absolute Gasteiger partial charge is 0.326 e. The molecule has 27 heavy (non-hydrogen) atoms. The molecule has 0 aliphatic heterocycles. The van der Waals surface area contributed by atoms with E-state index in [1.807, 2.05) is 0 Å². The maximum Gasteiger partial charge on any atom is 0.326 e. The lowest BCUT2D eigenvalue weighted by molar-refractivity contribution is -0.142. The van der Waals surface area contributed by atoms with Gasteiger partial charge in [0.2, 0.25) is 17.7 Å². The number of hydrogen-bond donors (Lipinski definition) is 7. The minimum atomic E-state index is -1.22. The third-order valence-corrected chi connectivity index (χ3v) is 3.48. The Kier molecular flexibility index (Phi) is 10.4. The van der Waals surface area contributed by atoms with Gasteiger partial charge in [-0.1, -0.05) is 0 Å². The fourth-order valence-corrected chi connectivity index (χ4v) is 1.87. The number of carbonyl (C=O) groups excluding carboxylic acids is 3. The number of aliphatic carboxylic acids is 1. The van der Waals surface area contributed by atoms with Crippen molar-refractivity contribution in [2.75, 3.05) is 6.54 Å². The maximum absolute atomic E-state index is 12.1. The Labute approximate surface area is 157 Å². The molecule has 10 N–H and O–H groups in total. The average molecular weight is 387 g/mol. The van der Waals surface area contributed by atoms with Crippen LogP contribution in [0.2, 0.25) is 0 Å². The first-order chi connectivity index (χ1) is 12.5. The third-order valence-electron chi connectivity index (χ3n) is 3.48. The Morgan fingerprint density at radius 3 is 1.85 bits per heavy atom. The molecule has 0 bridgehead atoms. The second kappa shape index (κ2) is 11.7. The quantitative estimate of drug-likeness (QED) is 0.110. The summed E-state index contributed by atoms with van der Waals surface area (Å²) in [6.45, 7) is 4.52. The van der Waals surface area contributed by atoms with Gasteiger partial charge in [0.05, 0.1) is 6.04 Å². The number of carboxylic acid groups (broad SMARTS) is 1. The lowest BCUT2D eigenvalue weighted by atomic mass is 10.1. The summed E-state index contributed by atoms with van der Waals surface area (Å²) in [6, 6.07) is -3.85. The molecule has 0 aliphatic carbocycles. The molecular formula is C15H29N7O5. The SMILES string of the molecule is CC(N)C(=O)NC(C)C(=O)NC(C)C(=O)NC(CCCN=C(N)N)C(=O)O. The molecule has 0 saturated heterocycles. The molecule has 0 radical (unpaired) electrons. The summed E-state index contributed by atoms with van der Waals surface area (Å²) in [6.07, 6.45) is 0.454. The molecule has 4 atom stereocenters. The van der Waals surface area contributed by atoms with Gasteiger partial charge < -0.3 is 38.3 Å². The number of amides is 3. The molecule has 3 amide bonds. The summed E-state index contributed by atoms with van der Waals surface area (Å²) in [4.78, 5) is 50.6. The van der Waals surface area contributed by atoms with Crippen molar-refractivity contribution >= 4 is 29.7 Å². The van der Waals surface area contributed by atoms with E-state index in [0.29, 0.717) is 6.42 Å². The van der Waals surface area contributed by atoms with Crippen LogP contribution in [0.25, 0.3) is 0 Å². The molecular weight excluding hydrogens is 358 g/mol. The van der Waals surface area contributed by atoms with Crippen molar-refractivity contribution in [2.45, 2.75) is 57.8 Å². The zero-order valence-electron chi connectivity index (χ0n) is 15.7. The van der Waals surface area contributed by atoms with E-state index in [4.69, 9.17) is 17.2 Å². The first kappa shape index (κ1) is 24.1. The number of carbonyl (C=O) groups is 4. The van der Waals surface area contributed by atoms with E-state index in [-0.39, 0.29) is 18.9 Å². The molecule has 0 aliphatic rings. The average Bonchev–Trinajstić information content (AvgIpc) is 2.56. The van der Waals surface area contributed by atoms with Crippen molar-refractivity contribution in [2.24, 2.45) is 22.2 Å². The zero-order chi connectivity index (χ0) is 21.1. The zero-order valence-corrected chi connectivity index (χ0v) is 15.7. The Hall–Kier alpha value is -2.89. The maximum atomic E-state index is 12.1. The van der Waals surface area contributed by atoms with Crippen LogP contribution in [0.1, 0.15) is 33.6 Å². The van der Waals surface area contributed by atoms with Crippen LogP contribution in [-0.4, -0.2) is 65.5 Å². The molecule has 0 aromatic rings. The number of rotatable bonds is 11. The number of carboxylic acids is 1. The highest BCUT2D eigenvalue weighted by molar-refractivity contribution is 5.93. The topological polar surface area (TPSA) is 215 Å². The molecule has 154 valence electrons. The van der Waals surface area contributed by atoms with Gasteiger partial charge in [-0.05, 0) is 33.6 Å². The summed E-state index contributed by atoms with van der Waals surface area (Å²) < 4.78 is 0. The number of aliphatic imine (C=N–C) groups is 1. The van der Waals surface area contributed by atoms with Gasteiger partial charge in [-0.3, -0.25) is 19.4 Å². The lowest BCUT2D eigenvalue weighted by Gasteiger charge is -2.21. The van der Waals surface area contributed by atoms with Crippen LogP contribution in [0.15, 0.2) is 4.99 Å². The highest BCUT2D eigenvalue weighted by Crippen LogP contribution is 2.00. The number of nitrogens with two attached hydrogens (primary N) is 3. The summed E-state index contributed by atoms with van der Waals surface area (Å²) in [5.41, 5.74) is 15.7. The van der Waals surface area contributed by atoms with Crippen molar-refractivity contribution in [3.8, 4) is 0 Å². The van der Waals surface area contributed by atoms with Crippen molar-refractivity contribution in [1.29, 1.82) is 0 Å². The van der Waals surface area contributed by atoms with Crippen molar-refractivity contribution in [3.05, 3.63) is 0 Å². The van der Waals surface area contributed by atoms with Gasteiger partial charge in [0.15, 0.2) is 5.96 Å². The fraction of sp³-hybridized carbons (Fsp3) is 0.667. The molecule has 4 unspecified atom stereocenters. The van der Waals surface area contributed by atoms with E-state index in [9.17, 15) is 24.3 Å². The summed E-state index contributed by atoms with van der Waals surface area (Å²) in [5, 5.41) is 16.3. The van der Waals surface area contributed by atoms with Crippen LogP contribution in [0.3, 0.4) is 0 Å². The standard InChI is InChI=1S/C15H29N7O5/c1-7(16)11(23)20-8(2)12(24)21-9(3)13(25)22-10(14(26)27)5-4-6-19-15(17)18/h7-10H,4-6,16H2,1-3H3,(H,20,23)(H,21,24)(H,22,25)(H,26,27)(H4,17,18,19). The van der Waals surface area contributed by atoms with Crippen molar-refractivity contribution in [3.63, 3.8) is 0 Å². The van der Waals surface area contributed by atoms with Crippen LogP contribution < -0.4 is 33.2 Å². The van der Waals surface area contributed by atoms with Gasteiger partial charge in [0.25, 0.3) is 0 Å². The van der Waals surface area contributed by atoms with Crippen LogP contribution in [0, 0.1) is 0 Å². The summed E-state index contributed by atoms with van der Waals surface area (Å²) in [7, 11) is 0. The molecule has 0 spiro atoms. The minimum absolute atomic E-state index is 0.104. The van der Waals surface area contributed by atoms with E-state index in [1.54, 1.807) is 0 Å². The van der Waals surface area contributed by atoms with E-state index < -0.39 is 47.9 Å². The van der Waals surface area contributed by atoms with Crippen molar-refractivity contribution < 1.29 is 24.3 Å². The predicted octanol–water partition coefficient (Wildman–Crippen LogP) is -3.03. The van der Waals surface area contributed by atoms with Gasteiger partial charge in [-0.25, -0.2) is 4.79 Å². The van der Waals surface area contributed by atoms with E-state index in [1.165, 1.54) is 20.8 Å². The molecule has 0 rings (SSSR count). The van der Waals surface area contributed by atoms with Crippen LogP contribution in [-0.2, 0) is 19.2 Å². The molecule has 12 heteroatoms. The Balaban J connectivity index is 4.58. The van der Waals surface area contributed by atoms with Gasteiger partial charge in [0.1, 0.15) is 18.1 Å². The number of nitrogens with one attached hydrogen (secondary N) is 3. The summed E-state index contributed by atoms with van der Waals surface area (Å²) >= 11 is 0. The fourth-order valence-electron chi connectivity index (χ4n) is 1.87. The molecule has 0 fully saturated rings. The molecule has 12 nitrogen and oxygen atoms in total. The number of nitrogens with zero attached hydrogens (tertiary/aromatic N) is 1. The first-order valence-corrected chi connectivity index (χ1v) is 8.40. The van der Waals surface area contributed by atoms with E-state index in [0.717, 1.165) is 0 Å². The lowest BCUT2D eigenvalue weighted by Crippen LogP contribution is -2.55. The Bertz CT molecular complexity index is 575. The molecule has 0 aromatic heterocycles. The predicted molar refractivity (Wildman–Crippen MR) is 98.3 cm³/mol. The normalized spacial score (nSPS) is 14.8. The minimum Gasteiger partial charge on any atom is -0.480 e. The highest BCUT2D eigenvalue weighted by atomic mass is 16.4. The van der Waals surface area contributed by atoms with Gasteiger partial charge in [-0.2, -0.15) is 0 Å². The van der Waals surface area contributed by atoms with Gasteiger partial charge in [0, 0.05) is 6.54 Å². The Morgan fingerprint density at radius 1 is 0.926 bits per heavy atom. The van der Waals surface area contributed by atoms with Gasteiger partial charge in [-0.15, -0.1) is 0 Å². The first-order valence-electron chi connectivity index (χ1n) is 8.40. The second-order valence-electron chi connectivity index (χ2n) is 6.10. The van der Waals surface area contributed by atoms with Crippen LogP contribution in [0.4, 0.5) is 0 Å². The van der Waals surface area contributed by atoms with E-state index >= 15 is 0 Å². The van der Waals surface area contributed by atoms with E-state index in [2.05, 4.69) is 20.9 Å². The Morgan fingerprint density at radius 2 is 1.41 bits per heavy atom. The van der Waals surface area contributed by atoms with Gasteiger partial charge >= 0.3 is 5.97 Å². The van der Waals surface area contributed by atoms with Crippen LogP contribution >= 0.6 is 0 Å². The largest absolute Gasteiger partial charge is 0.480 e. The monoisotopic (exact) mass is 387 g/mol. The second-order valence-corrected chi connectivity index (χ2v) is 6.10. The third kappa shape index (κ3) is 9.99. The van der Waals surface area contributed by atoms with Crippen LogP contribution in [0.5, 0.6) is 0 Å². The van der Waals surface area contributed by atoms with Crippen molar-refractivity contribution in [1.82, 2.24) is 16.0 Å². The molecule has 0 aromatic carbocycles. The number of guanidine groups is 1.